The highest BCUT2D eigenvalue weighted by molar-refractivity contribution is 7.91. The maximum absolute atomic E-state index is 14.1. The van der Waals surface area contributed by atoms with Gasteiger partial charge in [-0.1, -0.05) is 6.42 Å². The van der Waals surface area contributed by atoms with E-state index in [0.717, 1.165) is 0 Å². The van der Waals surface area contributed by atoms with E-state index in [2.05, 4.69) is 0 Å². The van der Waals surface area contributed by atoms with Crippen LogP contribution in [0, 0.1) is 5.41 Å². The smallest absolute Gasteiger partial charge is 0.343 e. The Morgan fingerprint density at radius 2 is 1.86 bits per heavy atom. The normalized spacial score (nSPS) is 38.1. The second-order valence-electron chi connectivity index (χ2n) is 4.27. The van der Waals surface area contributed by atoms with Crippen molar-refractivity contribution < 1.29 is 22.7 Å². The van der Waals surface area contributed by atoms with Gasteiger partial charge in [0.2, 0.25) is 5.67 Å². The third-order valence-corrected chi connectivity index (χ3v) is 5.24. The monoisotopic (exact) mass is 222 g/mol. The van der Waals surface area contributed by atoms with Crippen molar-refractivity contribution in [3.8, 4) is 0 Å². The summed E-state index contributed by atoms with van der Waals surface area (Å²) >= 11 is 0. The van der Waals surface area contributed by atoms with Gasteiger partial charge in [-0.15, -0.1) is 0 Å². The Morgan fingerprint density at radius 1 is 1.29 bits per heavy atom. The molecule has 80 valence electrons. The number of carbonyl (C=O) groups is 1. The highest BCUT2D eigenvalue weighted by Crippen LogP contribution is 2.56. The molecule has 6 heteroatoms. The van der Waals surface area contributed by atoms with Gasteiger partial charge in [-0.3, -0.25) is 0 Å². The van der Waals surface area contributed by atoms with Crippen molar-refractivity contribution in [2.75, 3.05) is 11.5 Å². The molecule has 0 radical (unpaired) electrons. The van der Waals surface area contributed by atoms with Gasteiger partial charge in [0, 0.05) is 5.41 Å². The molecule has 0 aromatic heterocycles. The van der Waals surface area contributed by atoms with Crippen molar-refractivity contribution in [1.29, 1.82) is 0 Å². The summed E-state index contributed by atoms with van der Waals surface area (Å²) in [6.45, 7) is 0. The zero-order valence-electron chi connectivity index (χ0n) is 7.49. The van der Waals surface area contributed by atoms with E-state index in [9.17, 15) is 17.6 Å². The van der Waals surface area contributed by atoms with E-state index in [1.807, 2.05) is 0 Å². The molecule has 1 aliphatic heterocycles. The number of alkyl halides is 1. The van der Waals surface area contributed by atoms with E-state index >= 15 is 0 Å². The molecular weight excluding hydrogens is 211 g/mol. The Hall–Kier alpha value is -0.650. The third kappa shape index (κ3) is 1.03. The third-order valence-electron chi connectivity index (χ3n) is 3.41. The molecule has 2 rings (SSSR count). The van der Waals surface area contributed by atoms with Crippen LogP contribution in [0.1, 0.15) is 19.3 Å². The van der Waals surface area contributed by atoms with Crippen molar-refractivity contribution in [2.45, 2.75) is 24.9 Å². The average molecular weight is 222 g/mol. The first kappa shape index (κ1) is 9.89. The molecule has 1 saturated heterocycles. The molecule has 1 N–H and O–H groups in total. The summed E-state index contributed by atoms with van der Waals surface area (Å²) < 4.78 is 36.6. The highest BCUT2D eigenvalue weighted by Gasteiger charge is 2.68. The van der Waals surface area contributed by atoms with Crippen LogP contribution in [-0.4, -0.2) is 36.7 Å². The fourth-order valence-corrected chi connectivity index (χ4v) is 4.97. The Morgan fingerprint density at radius 3 is 2.14 bits per heavy atom. The van der Waals surface area contributed by atoms with Gasteiger partial charge in [-0.25, -0.2) is 17.6 Å². The maximum Gasteiger partial charge on any atom is 0.343 e. The SMILES string of the molecule is O=C(O)C1(F)CS(=O)(=O)CC12CCC2. The van der Waals surface area contributed by atoms with Gasteiger partial charge < -0.3 is 5.11 Å². The summed E-state index contributed by atoms with van der Waals surface area (Å²) in [5.41, 5.74) is -3.68. The van der Waals surface area contributed by atoms with Crippen molar-refractivity contribution in [3.63, 3.8) is 0 Å². The number of hydrogen-bond acceptors (Lipinski definition) is 3. The lowest BCUT2D eigenvalue weighted by Gasteiger charge is -2.43. The van der Waals surface area contributed by atoms with Crippen molar-refractivity contribution >= 4 is 15.8 Å². The van der Waals surface area contributed by atoms with Gasteiger partial charge in [-0.05, 0) is 12.8 Å². The summed E-state index contributed by atoms with van der Waals surface area (Å²) in [6.07, 6.45) is 1.46. The van der Waals surface area contributed by atoms with Crippen LogP contribution in [0.4, 0.5) is 4.39 Å². The number of carboxylic acid groups (broad SMARTS) is 1. The molecule has 0 aromatic carbocycles. The first-order valence-electron chi connectivity index (χ1n) is 4.44. The Labute approximate surface area is 81.0 Å². The number of halogens is 1. The summed E-state index contributed by atoms with van der Waals surface area (Å²) in [5.74, 6) is -2.78. The van der Waals surface area contributed by atoms with Crippen molar-refractivity contribution in [3.05, 3.63) is 0 Å². The number of carboxylic acids is 1. The van der Waals surface area contributed by atoms with Gasteiger partial charge in [0.15, 0.2) is 9.84 Å². The highest BCUT2D eigenvalue weighted by atomic mass is 32.2. The second kappa shape index (κ2) is 2.48. The Balaban J connectivity index is 2.46. The Bertz CT molecular complexity index is 384. The number of rotatable bonds is 1. The van der Waals surface area contributed by atoms with E-state index in [4.69, 9.17) is 5.11 Å². The van der Waals surface area contributed by atoms with Crippen LogP contribution in [0.25, 0.3) is 0 Å². The molecule has 0 bridgehead atoms. The maximum atomic E-state index is 14.1. The molecule has 1 aliphatic carbocycles. The molecule has 0 amide bonds. The zero-order valence-corrected chi connectivity index (χ0v) is 8.31. The minimum absolute atomic E-state index is 0.303. The van der Waals surface area contributed by atoms with Gasteiger partial charge in [0.25, 0.3) is 0 Å². The molecule has 2 fully saturated rings. The van der Waals surface area contributed by atoms with E-state index in [-0.39, 0.29) is 5.75 Å². The number of aliphatic carboxylic acids is 1. The van der Waals surface area contributed by atoms with Crippen LogP contribution in [0.3, 0.4) is 0 Å². The summed E-state index contributed by atoms with van der Waals surface area (Å²) in [6, 6.07) is 0. The Kier molecular flexibility index (Phi) is 1.75. The van der Waals surface area contributed by atoms with E-state index in [1.54, 1.807) is 0 Å². The minimum atomic E-state index is -3.52. The summed E-state index contributed by atoms with van der Waals surface area (Å²) in [4.78, 5) is 10.8. The zero-order chi connectivity index (χ0) is 10.6. The minimum Gasteiger partial charge on any atom is -0.479 e. The summed E-state index contributed by atoms with van der Waals surface area (Å²) in [7, 11) is -3.52. The molecule has 1 unspecified atom stereocenters. The van der Waals surface area contributed by atoms with Crippen molar-refractivity contribution in [2.24, 2.45) is 5.41 Å². The number of hydrogen-bond donors (Lipinski definition) is 1. The molecule has 1 atom stereocenters. The first-order valence-corrected chi connectivity index (χ1v) is 6.26. The fourth-order valence-electron chi connectivity index (χ4n) is 2.48. The molecule has 1 spiro atoms. The van der Waals surface area contributed by atoms with Gasteiger partial charge in [-0.2, -0.15) is 0 Å². The lowest BCUT2D eigenvalue weighted by Crippen LogP contribution is -2.53. The summed E-state index contributed by atoms with van der Waals surface area (Å²) in [5, 5.41) is 8.77. The van der Waals surface area contributed by atoms with Gasteiger partial charge in [0.1, 0.15) is 0 Å². The standard InChI is InChI=1S/C8H11FO4S/c9-8(6(10)11)5-14(12,13)4-7(8)2-1-3-7/h1-5H2,(H,10,11). The molecule has 1 heterocycles. The van der Waals surface area contributed by atoms with E-state index in [0.29, 0.717) is 19.3 Å². The molecule has 1 saturated carbocycles. The fraction of sp³-hybridized carbons (Fsp3) is 0.875. The van der Waals surface area contributed by atoms with Crippen LogP contribution >= 0.6 is 0 Å². The van der Waals surface area contributed by atoms with Crippen LogP contribution < -0.4 is 0 Å². The van der Waals surface area contributed by atoms with Crippen LogP contribution in [0.15, 0.2) is 0 Å². The molecule has 14 heavy (non-hydrogen) atoms. The van der Waals surface area contributed by atoms with E-state index < -0.39 is 32.6 Å². The molecule has 2 aliphatic rings. The second-order valence-corrected chi connectivity index (χ2v) is 6.34. The van der Waals surface area contributed by atoms with Gasteiger partial charge in [0.05, 0.1) is 11.5 Å². The molecule has 4 nitrogen and oxygen atoms in total. The average Bonchev–Trinajstić information content (AvgIpc) is 2.17. The molecule has 0 aromatic rings. The molecular formula is C8H11FO4S. The number of sulfone groups is 1. The lowest BCUT2D eigenvalue weighted by atomic mass is 9.61. The van der Waals surface area contributed by atoms with Gasteiger partial charge >= 0.3 is 5.97 Å². The quantitative estimate of drug-likeness (QED) is 0.696. The van der Waals surface area contributed by atoms with Crippen molar-refractivity contribution in [1.82, 2.24) is 0 Å². The van der Waals surface area contributed by atoms with Crippen LogP contribution in [0.5, 0.6) is 0 Å². The largest absolute Gasteiger partial charge is 0.479 e. The lowest BCUT2D eigenvalue weighted by molar-refractivity contribution is -0.162. The van der Waals surface area contributed by atoms with Crippen LogP contribution in [-0.2, 0) is 14.6 Å². The first-order chi connectivity index (χ1) is 6.31. The predicted molar refractivity (Wildman–Crippen MR) is 46.4 cm³/mol. The van der Waals surface area contributed by atoms with Crippen LogP contribution in [0.2, 0.25) is 0 Å². The topological polar surface area (TPSA) is 71.4 Å². The predicted octanol–water partition coefficient (Wildman–Crippen LogP) is 0.378. The van der Waals surface area contributed by atoms with E-state index in [1.165, 1.54) is 0 Å².